The number of anilines is 3. The first-order valence-corrected chi connectivity index (χ1v) is 17.6. The van der Waals surface area contributed by atoms with Crippen LogP contribution < -0.4 is 4.90 Å². The maximum Gasteiger partial charge on any atom is 0.143 e. The Morgan fingerprint density at radius 1 is 0.439 bits per heavy atom. The molecule has 0 fully saturated rings. The second-order valence-electron chi connectivity index (χ2n) is 13.3. The molecule has 10 aromatic rings. The Hall–Kier alpha value is -6.90. The van der Waals surface area contributed by atoms with E-state index < -0.39 is 236 Å². The lowest BCUT2D eigenvalue weighted by molar-refractivity contribution is 0.672. The van der Waals surface area contributed by atoms with Gasteiger partial charge in [-0.2, -0.15) is 0 Å². The van der Waals surface area contributed by atoms with Crippen molar-refractivity contribution in [2.75, 3.05) is 4.90 Å². The lowest BCUT2D eigenvalue weighted by Gasteiger charge is -2.28. The molecule has 274 valence electrons. The van der Waals surface area contributed by atoms with Crippen LogP contribution in [0.1, 0.15) is 66.2 Å². The molecule has 0 unspecified atom stereocenters. The van der Waals surface area contributed by atoms with Crippen molar-refractivity contribution in [3.05, 3.63) is 197 Å². The summed E-state index contributed by atoms with van der Waals surface area (Å²) in [5, 5.41) is -1.99. The van der Waals surface area contributed by atoms with Gasteiger partial charge in [0.25, 0.3) is 0 Å². The monoisotopic (exact) mass is 762 g/mol. The average molecular weight is 762 g/mol. The number of rotatable bonds is 6. The molecule has 0 radical (unpaired) electrons. The summed E-state index contributed by atoms with van der Waals surface area (Å²) in [6.07, 6.45) is 0. The summed E-state index contributed by atoms with van der Waals surface area (Å²) in [5.41, 5.74) is -6.60. The molecular weight excluding hydrogens is 691 g/mol. The highest BCUT2D eigenvalue weighted by Crippen LogP contribution is 2.46. The second kappa shape index (κ2) is 13.7. The third-order valence-corrected chi connectivity index (χ3v) is 9.80. The van der Waals surface area contributed by atoms with Crippen LogP contribution >= 0.6 is 0 Å². The summed E-state index contributed by atoms with van der Waals surface area (Å²) in [5.74, 6) is 0. The normalized spacial score (nSPS) is 18.5. The van der Waals surface area contributed by atoms with E-state index in [-0.39, 0.29) is 55.1 Å². The Kier molecular flexibility index (Phi) is 3.82. The summed E-state index contributed by atoms with van der Waals surface area (Å²) in [4.78, 5) is 0.727. The number of benzene rings is 9. The zero-order valence-corrected chi connectivity index (χ0v) is 30.9. The highest BCUT2D eigenvalue weighted by molar-refractivity contribution is 6.20. The van der Waals surface area contributed by atoms with Gasteiger partial charge in [0.05, 0.1) is 44.1 Å². The van der Waals surface area contributed by atoms with Crippen LogP contribution in [0.25, 0.3) is 76.9 Å². The van der Waals surface area contributed by atoms with E-state index in [2.05, 4.69) is 0 Å². The molecule has 2 nitrogen and oxygen atoms in total. The molecule has 0 spiro atoms. The van der Waals surface area contributed by atoms with Crippen LogP contribution in [-0.4, -0.2) is 0 Å². The molecular formula is C55H43NO. The third-order valence-electron chi connectivity index (χ3n) is 9.80. The van der Waals surface area contributed by atoms with Gasteiger partial charge in [0.15, 0.2) is 0 Å². The molecule has 0 bridgehead atoms. The van der Waals surface area contributed by atoms with E-state index in [1.807, 2.05) is 0 Å². The summed E-state index contributed by atoms with van der Waals surface area (Å²) < 4.78 is 262. The predicted octanol–water partition coefficient (Wildman–Crippen LogP) is 15.9. The van der Waals surface area contributed by atoms with E-state index in [1.54, 1.807) is 0 Å². The zero-order chi connectivity index (χ0) is 63.2. The minimum absolute atomic E-state index is 0.0520. The number of furan rings is 1. The van der Waals surface area contributed by atoms with Gasteiger partial charge in [-0.1, -0.05) is 133 Å². The second-order valence-corrected chi connectivity index (χ2v) is 13.3. The van der Waals surface area contributed by atoms with E-state index >= 15 is 0 Å². The van der Waals surface area contributed by atoms with Crippen LogP contribution in [0, 0.1) is 34.6 Å². The van der Waals surface area contributed by atoms with Crippen molar-refractivity contribution < 1.29 is 42.8 Å². The van der Waals surface area contributed by atoms with Gasteiger partial charge in [0.1, 0.15) is 11.2 Å². The SMILES string of the molecule is [2H]c1c([2H])c([2H])c(-c2c([2H])c([2H])c(N(c3c([2H])c([2H])c(-c4c([2H])c(C)c([2H])c5c([2H])c([2H])c([2H])c([2H])c45)c([2H])c3[2H])c3c(C)c(C)c4c(oc5c6c([2H])c([2H])c([2H])c([2H])c6c(-c6c([2H])c([2H])c([2H])c([2H])c6C)c([2H])c54)c3[2H])c([2H])c2[2H])c(C)c1[2H]. The summed E-state index contributed by atoms with van der Waals surface area (Å²) >= 11 is 0. The van der Waals surface area contributed by atoms with Gasteiger partial charge in [-0.3, -0.25) is 0 Å². The molecule has 10 rings (SSSR count). The molecule has 0 atom stereocenters. The van der Waals surface area contributed by atoms with E-state index in [0.29, 0.717) is 0 Å². The largest absolute Gasteiger partial charge is 0.455 e. The number of aryl methyl sites for hydroxylation is 1. The van der Waals surface area contributed by atoms with Gasteiger partial charge in [0, 0.05) is 33.6 Å². The molecule has 0 aliphatic heterocycles. The quantitative estimate of drug-likeness (QED) is 0.168. The summed E-state index contributed by atoms with van der Waals surface area (Å²) in [6, 6.07) is -21.8. The molecule has 0 aliphatic rings. The van der Waals surface area contributed by atoms with Crippen LogP contribution in [0.5, 0.6) is 0 Å². The molecule has 0 amide bonds. The Bertz CT molecular complexity index is 4690. The van der Waals surface area contributed by atoms with Crippen LogP contribution in [0.2, 0.25) is 0 Å². The lowest BCUT2D eigenvalue weighted by Crippen LogP contribution is -2.12. The maximum atomic E-state index is 10.2. The van der Waals surface area contributed by atoms with Crippen LogP contribution in [-0.2, 0) is 0 Å². The molecule has 1 aromatic heterocycles. The Labute approximate surface area is 373 Å². The highest BCUT2D eigenvalue weighted by atomic mass is 16.3. The van der Waals surface area contributed by atoms with Crippen molar-refractivity contribution >= 4 is 60.5 Å². The standard InChI is InChI=1S/C55H43NO/c1-34-30-41-16-8-11-19-46(41)49(31-34)40-24-28-43(29-25-40)56(42-26-22-39(23-27-42)44-17-9-6-14-35(44)2)52-33-53-54(38(5)37(52)4)51-32-50(45-18-10-7-15-36(45)3)47-20-12-13-21-48(47)55(51)57-53/h6-33H,1-5H3/i6D,7D,8D,9D,10D,11D,12D,13D,14D,15D,16D,17D,18D,19D,20D,21D,22D,23D,24D,25D,26D,27D,28D,29D,30D,31D,32D,33D. The Morgan fingerprint density at radius 3 is 1.70 bits per heavy atom. The molecule has 2 heteroatoms. The van der Waals surface area contributed by atoms with Crippen molar-refractivity contribution in [3.63, 3.8) is 0 Å². The molecule has 0 saturated heterocycles. The van der Waals surface area contributed by atoms with Crippen LogP contribution in [0.4, 0.5) is 17.1 Å². The van der Waals surface area contributed by atoms with E-state index in [1.165, 1.54) is 34.6 Å². The maximum absolute atomic E-state index is 10.2. The first kappa shape index (κ1) is 15.9. The number of nitrogens with zero attached hydrogens (tertiary/aromatic N) is 1. The van der Waals surface area contributed by atoms with Crippen molar-refractivity contribution in [2.45, 2.75) is 34.6 Å². The fourth-order valence-electron chi connectivity index (χ4n) is 6.93. The molecule has 9 aromatic carbocycles. The van der Waals surface area contributed by atoms with Crippen LogP contribution in [0.3, 0.4) is 0 Å². The minimum atomic E-state index is -1.06. The van der Waals surface area contributed by atoms with Crippen molar-refractivity contribution in [1.82, 2.24) is 0 Å². The third kappa shape index (κ3) is 5.79. The molecule has 0 N–H and O–H groups in total. The minimum Gasteiger partial charge on any atom is -0.455 e. The topological polar surface area (TPSA) is 16.4 Å². The van der Waals surface area contributed by atoms with Gasteiger partial charge in [0.2, 0.25) is 0 Å². The van der Waals surface area contributed by atoms with Gasteiger partial charge in [-0.05, 0) is 142 Å². The van der Waals surface area contributed by atoms with E-state index in [9.17, 15) is 17.8 Å². The van der Waals surface area contributed by atoms with Crippen molar-refractivity contribution in [1.29, 1.82) is 0 Å². The summed E-state index contributed by atoms with van der Waals surface area (Å²) in [6.45, 7) is 6.73. The first-order valence-electron chi connectivity index (χ1n) is 31.6. The number of hydrogen-bond donors (Lipinski definition) is 0. The lowest BCUT2D eigenvalue weighted by atomic mass is 9.92. The Morgan fingerprint density at radius 2 is 1.00 bits per heavy atom. The van der Waals surface area contributed by atoms with Crippen LogP contribution in [0.15, 0.2) is 174 Å². The first-order chi connectivity index (χ1) is 39.5. The number of fused-ring (bicyclic) bond motifs is 6. The van der Waals surface area contributed by atoms with Gasteiger partial charge < -0.3 is 9.32 Å². The van der Waals surface area contributed by atoms with E-state index in [0.717, 1.165) is 4.90 Å². The predicted molar refractivity (Wildman–Crippen MR) is 243 cm³/mol. The fraction of sp³-hybridized carbons (Fsp3) is 0.0909. The van der Waals surface area contributed by atoms with Gasteiger partial charge in [-0.25, -0.2) is 0 Å². The molecule has 1 heterocycles. The van der Waals surface area contributed by atoms with Gasteiger partial charge >= 0.3 is 0 Å². The average Bonchev–Trinajstić information content (AvgIpc) is 3.10. The molecule has 57 heavy (non-hydrogen) atoms. The van der Waals surface area contributed by atoms with Crippen molar-refractivity contribution in [3.8, 4) is 33.4 Å². The van der Waals surface area contributed by atoms with Crippen molar-refractivity contribution in [2.24, 2.45) is 0 Å². The molecule has 0 aliphatic carbocycles. The molecule has 0 saturated carbocycles. The number of hydrogen-bond acceptors (Lipinski definition) is 2. The summed E-state index contributed by atoms with van der Waals surface area (Å²) in [7, 11) is 0. The van der Waals surface area contributed by atoms with E-state index in [4.69, 9.17) is 25.0 Å². The highest BCUT2D eigenvalue weighted by Gasteiger charge is 2.23. The smallest absolute Gasteiger partial charge is 0.143 e. The van der Waals surface area contributed by atoms with Gasteiger partial charge in [-0.15, -0.1) is 0 Å². The Balaban J connectivity index is 1.42. The fourth-order valence-corrected chi connectivity index (χ4v) is 6.93. The zero-order valence-electron chi connectivity index (χ0n) is 58.9.